The molecule has 6 nitrogen and oxygen atoms in total. The fourth-order valence-corrected chi connectivity index (χ4v) is 3.05. The van der Waals surface area contributed by atoms with Crippen LogP contribution in [0.1, 0.15) is 21.6 Å². The first-order valence-corrected chi connectivity index (χ1v) is 8.89. The van der Waals surface area contributed by atoms with Gasteiger partial charge in [-0.2, -0.15) is 5.10 Å². The number of rotatable bonds is 4. The van der Waals surface area contributed by atoms with E-state index < -0.39 is 5.91 Å². The molecule has 1 amide bonds. The Morgan fingerprint density at radius 3 is 2.46 bits per heavy atom. The average Bonchev–Trinajstić information content (AvgIpc) is 2.71. The number of nitrogens with one attached hydrogen (secondary N) is 1. The van der Waals surface area contributed by atoms with Gasteiger partial charge in [0.2, 0.25) is 0 Å². The van der Waals surface area contributed by atoms with Gasteiger partial charge in [0.25, 0.3) is 11.5 Å². The Morgan fingerprint density at radius 1 is 1.00 bits per heavy atom. The summed E-state index contributed by atoms with van der Waals surface area (Å²) in [5, 5.41) is 8.12. The first kappa shape index (κ1) is 17.6. The Kier molecular flexibility index (Phi) is 4.68. The third-order valence-electron chi connectivity index (χ3n) is 4.42. The van der Waals surface area contributed by atoms with E-state index in [1.807, 2.05) is 43.3 Å². The van der Waals surface area contributed by atoms with Crippen molar-refractivity contribution < 1.29 is 4.79 Å². The van der Waals surface area contributed by atoms with Gasteiger partial charge in [0, 0.05) is 11.6 Å². The van der Waals surface area contributed by atoms with Gasteiger partial charge in [0.05, 0.1) is 11.9 Å². The van der Waals surface area contributed by atoms with Gasteiger partial charge in [-0.05, 0) is 36.2 Å². The highest BCUT2D eigenvalue weighted by atomic mass is 16.2. The van der Waals surface area contributed by atoms with Gasteiger partial charge < -0.3 is 5.32 Å². The summed E-state index contributed by atoms with van der Waals surface area (Å²) in [5.41, 5.74) is 1.87. The zero-order chi connectivity index (χ0) is 19.5. The Labute approximate surface area is 161 Å². The van der Waals surface area contributed by atoms with Crippen LogP contribution in [-0.2, 0) is 6.54 Å². The quantitative estimate of drug-likeness (QED) is 0.597. The second kappa shape index (κ2) is 7.44. The number of aryl methyl sites for hydroxylation is 1. The molecule has 4 rings (SSSR count). The van der Waals surface area contributed by atoms with Crippen molar-refractivity contribution in [2.24, 2.45) is 0 Å². The number of fused-ring (bicyclic) bond motifs is 1. The molecule has 4 aromatic rings. The summed E-state index contributed by atoms with van der Waals surface area (Å²) >= 11 is 0. The Hall–Kier alpha value is -3.80. The molecule has 0 unspecified atom stereocenters. The van der Waals surface area contributed by atoms with Crippen LogP contribution < -0.4 is 10.9 Å². The molecule has 2 aromatic heterocycles. The predicted molar refractivity (Wildman–Crippen MR) is 108 cm³/mol. The van der Waals surface area contributed by atoms with Crippen LogP contribution in [0.3, 0.4) is 0 Å². The van der Waals surface area contributed by atoms with E-state index in [2.05, 4.69) is 15.4 Å². The summed E-state index contributed by atoms with van der Waals surface area (Å²) in [6.45, 7) is 2.21. The first-order valence-electron chi connectivity index (χ1n) is 8.89. The van der Waals surface area contributed by atoms with Gasteiger partial charge in [0.1, 0.15) is 5.82 Å². The molecule has 0 atom stereocenters. The lowest BCUT2D eigenvalue weighted by atomic mass is 10.1. The minimum atomic E-state index is -0.406. The van der Waals surface area contributed by atoms with E-state index in [1.54, 1.807) is 36.5 Å². The number of carbonyl (C=O) groups excluding carboxylic acids is 1. The molecule has 0 saturated heterocycles. The summed E-state index contributed by atoms with van der Waals surface area (Å²) in [5.74, 6) is 0.0350. The van der Waals surface area contributed by atoms with Crippen molar-refractivity contribution in [1.82, 2.24) is 14.8 Å². The van der Waals surface area contributed by atoms with Crippen LogP contribution in [0.4, 0.5) is 5.82 Å². The molecule has 0 aliphatic rings. The van der Waals surface area contributed by atoms with Crippen LogP contribution in [0.5, 0.6) is 0 Å². The molecule has 6 heteroatoms. The number of nitrogens with zero attached hydrogens (tertiary/aromatic N) is 3. The molecule has 0 fully saturated rings. The van der Waals surface area contributed by atoms with E-state index in [0.29, 0.717) is 16.6 Å². The Morgan fingerprint density at radius 2 is 1.71 bits per heavy atom. The van der Waals surface area contributed by atoms with Crippen LogP contribution in [0.15, 0.2) is 77.7 Å². The fourth-order valence-electron chi connectivity index (χ4n) is 3.05. The molecule has 2 aromatic carbocycles. The van der Waals surface area contributed by atoms with E-state index in [4.69, 9.17) is 0 Å². The maximum absolute atomic E-state index is 12.9. The zero-order valence-electron chi connectivity index (χ0n) is 15.3. The van der Waals surface area contributed by atoms with E-state index in [0.717, 1.165) is 11.1 Å². The molecular weight excluding hydrogens is 352 g/mol. The number of carbonyl (C=O) groups is 1. The highest BCUT2D eigenvalue weighted by Crippen LogP contribution is 2.16. The lowest BCUT2D eigenvalue weighted by Crippen LogP contribution is -2.28. The van der Waals surface area contributed by atoms with Gasteiger partial charge in [-0.15, -0.1) is 0 Å². The average molecular weight is 370 g/mol. The van der Waals surface area contributed by atoms with Crippen molar-refractivity contribution in [1.29, 1.82) is 0 Å². The monoisotopic (exact) mass is 370 g/mol. The van der Waals surface area contributed by atoms with Gasteiger partial charge in [-0.1, -0.05) is 48.5 Å². The number of hydrogen-bond acceptors (Lipinski definition) is 4. The number of benzene rings is 2. The summed E-state index contributed by atoms with van der Waals surface area (Å²) in [4.78, 5) is 30.0. The summed E-state index contributed by atoms with van der Waals surface area (Å²) < 4.78 is 1.33. The molecule has 138 valence electrons. The second-order valence-corrected chi connectivity index (χ2v) is 6.52. The lowest BCUT2D eigenvalue weighted by Gasteiger charge is -2.11. The van der Waals surface area contributed by atoms with Crippen LogP contribution in [0.25, 0.3) is 10.8 Å². The van der Waals surface area contributed by atoms with Gasteiger partial charge in [-0.25, -0.2) is 9.67 Å². The number of amides is 1. The highest BCUT2D eigenvalue weighted by Gasteiger charge is 2.17. The zero-order valence-corrected chi connectivity index (χ0v) is 15.3. The minimum absolute atomic E-state index is 0.189. The molecular formula is C22H18N4O2. The van der Waals surface area contributed by atoms with Crippen molar-refractivity contribution in [3.63, 3.8) is 0 Å². The van der Waals surface area contributed by atoms with Crippen LogP contribution >= 0.6 is 0 Å². The van der Waals surface area contributed by atoms with Gasteiger partial charge in [0.15, 0.2) is 5.69 Å². The molecule has 1 N–H and O–H groups in total. The first-order chi connectivity index (χ1) is 13.6. The number of hydrogen-bond donors (Lipinski definition) is 1. The summed E-state index contributed by atoms with van der Waals surface area (Å²) in [7, 11) is 0. The smallest absolute Gasteiger partial charge is 0.277 e. The van der Waals surface area contributed by atoms with Crippen molar-refractivity contribution in [3.8, 4) is 0 Å². The standard InChI is InChI=1S/C22H18N4O2/c1-15-11-12-23-19(13-15)24-21(27)20-17-9-5-6-10-18(17)22(28)26(25-20)14-16-7-3-2-4-8-16/h2-13H,14H2,1H3,(H,23,24,27). The van der Waals surface area contributed by atoms with E-state index in [-0.39, 0.29) is 17.8 Å². The molecule has 28 heavy (non-hydrogen) atoms. The lowest BCUT2D eigenvalue weighted by molar-refractivity contribution is 0.102. The normalized spacial score (nSPS) is 10.8. The van der Waals surface area contributed by atoms with Crippen LogP contribution in [-0.4, -0.2) is 20.7 Å². The van der Waals surface area contributed by atoms with Gasteiger partial charge in [-0.3, -0.25) is 9.59 Å². The Balaban J connectivity index is 1.79. The SMILES string of the molecule is Cc1ccnc(NC(=O)c2nn(Cc3ccccc3)c(=O)c3ccccc23)c1. The molecule has 2 heterocycles. The molecule has 0 bridgehead atoms. The Bertz CT molecular complexity index is 1220. The summed E-state index contributed by atoms with van der Waals surface area (Å²) in [6.07, 6.45) is 1.63. The van der Waals surface area contributed by atoms with E-state index in [1.165, 1.54) is 4.68 Å². The second-order valence-electron chi connectivity index (χ2n) is 6.52. The fraction of sp³-hybridized carbons (Fsp3) is 0.0909. The summed E-state index contributed by atoms with van der Waals surface area (Å²) in [6, 6.07) is 20.2. The highest BCUT2D eigenvalue weighted by molar-refractivity contribution is 6.10. The third kappa shape index (κ3) is 3.53. The molecule has 0 spiro atoms. The topological polar surface area (TPSA) is 76.9 Å². The van der Waals surface area contributed by atoms with Crippen LogP contribution in [0, 0.1) is 6.92 Å². The number of aromatic nitrogens is 3. The molecule has 0 saturated carbocycles. The van der Waals surface area contributed by atoms with Crippen molar-refractivity contribution >= 4 is 22.5 Å². The molecule has 0 radical (unpaired) electrons. The molecule has 0 aliphatic carbocycles. The minimum Gasteiger partial charge on any atom is -0.305 e. The van der Waals surface area contributed by atoms with Crippen molar-refractivity contribution in [2.75, 3.05) is 5.32 Å². The largest absolute Gasteiger partial charge is 0.305 e. The number of pyridine rings is 1. The maximum atomic E-state index is 12.9. The van der Waals surface area contributed by atoms with E-state index in [9.17, 15) is 9.59 Å². The third-order valence-corrected chi connectivity index (χ3v) is 4.42. The molecule has 0 aliphatic heterocycles. The maximum Gasteiger partial charge on any atom is 0.277 e. The van der Waals surface area contributed by atoms with Crippen molar-refractivity contribution in [2.45, 2.75) is 13.5 Å². The van der Waals surface area contributed by atoms with Crippen molar-refractivity contribution in [3.05, 3.63) is 100 Å². The number of anilines is 1. The van der Waals surface area contributed by atoms with Gasteiger partial charge >= 0.3 is 0 Å². The van der Waals surface area contributed by atoms with E-state index >= 15 is 0 Å². The van der Waals surface area contributed by atoms with Crippen LogP contribution in [0.2, 0.25) is 0 Å². The predicted octanol–water partition coefficient (Wildman–Crippen LogP) is 3.40.